The molecule has 0 bridgehead atoms. The van der Waals surface area contributed by atoms with E-state index < -0.39 is 30.1 Å². The maximum absolute atomic E-state index is 13.1. The minimum atomic E-state index is -1.12. The number of carbonyl (C=O) groups excluding carboxylic acids is 4. The van der Waals surface area contributed by atoms with Crippen molar-refractivity contribution in [3.63, 3.8) is 0 Å². The summed E-state index contributed by atoms with van der Waals surface area (Å²) in [6, 6.07) is 2.83. The number of anilines is 1. The minimum absolute atomic E-state index is 0.0239. The lowest BCUT2D eigenvalue weighted by atomic mass is 9.81. The van der Waals surface area contributed by atoms with E-state index in [0.717, 1.165) is 29.9 Å². The molecule has 28 heavy (non-hydrogen) atoms. The Kier molecular flexibility index (Phi) is 6.01. The number of amides is 3. The van der Waals surface area contributed by atoms with Crippen molar-refractivity contribution >= 4 is 29.4 Å². The molecule has 0 radical (unpaired) electrons. The van der Waals surface area contributed by atoms with Crippen LogP contribution in [0.25, 0.3) is 0 Å². The Morgan fingerprint density at radius 1 is 1.07 bits per heavy atom. The van der Waals surface area contributed by atoms with Gasteiger partial charge in [0, 0.05) is 18.3 Å². The number of esters is 1. The van der Waals surface area contributed by atoms with Gasteiger partial charge < -0.3 is 10.1 Å². The molecule has 1 aromatic rings. The number of hydrogen-bond acceptors (Lipinski definition) is 5. The first-order valence-electron chi connectivity index (χ1n) is 9.12. The second-order valence-electron chi connectivity index (χ2n) is 6.91. The standard InChI is InChI=1S/C19H20F2N2O5/c20-14-6-5-11(9-15(14)21)22-16(24)10-28-17(25)7-8-23-18(26)12-3-1-2-4-13(12)19(23)27/h5-6,9,12-13H,1-4,7-8,10H2,(H,22,24)/t12-,13-/m1/s1. The van der Waals surface area contributed by atoms with Gasteiger partial charge in [-0.3, -0.25) is 24.1 Å². The molecule has 0 spiro atoms. The number of imide groups is 1. The summed E-state index contributed by atoms with van der Waals surface area (Å²) in [5.74, 6) is -4.66. The molecule has 0 unspecified atom stereocenters. The Morgan fingerprint density at radius 2 is 1.71 bits per heavy atom. The van der Waals surface area contributed by atoms with Crippen LogP contribution in [-0.2, 0) is 23.9 Å². The predicted molar refractivity (Wildman–Crippen MR) is 92.7 cm³/mol. The molecule has 1 saturated heterocycles. The van der Waals surface area contributed by atoms with Crippen LogP contribution in [0.15, 0.2) is 18.2 Å². The average molecular weight is 394 g/mol. The number of nitrogens with one attached hydrogen (secondary N) is 1. The van der Waals surface area contributed by atoms with Gasteiger partial charge in [-0.1, -0.05) is 12.8 Å². The van der Waals surface area contributed by atoms with E-state index in [1.165, 1.54) is 6.07 Å². The molecule has 150 valence electrons. The van der Waals surface area contributed by atoms with Crippen LogP contribution in [0.2, 0.25) is 0 Å². The molecule has 9 heteroatoms. The third-order valence-electron chi connectivity index (χ3n) is 5.04. The zero-order valence-electron chi connectivity index (χ0n) is 15.1. The number of halogens is 2. The summed E-state index contributed by atoms with van der Waals surface area (Å²) in [5, 5.41) is 2.27. The van der Waals surface area contributed by atoms with Gasteiger partial charge >= 0.3 is 5.97 Å². The van der Waals surface area contributed by atoms with Gasteiger partial charge in [0.05, 0.1) is 18.3 Å². The largest absolute Gasteiger partial charge is 0.456 e. The SMILES string of the molecule is O=C(COC(=O)CCN1C(=O)[C@@H]2CCCC[C@H]2C1=O)Nc1ccc(F)c(F)c1. The summed E-state index contributed by atoms with van der Waals surface area (Å²) in [4.78, 5) is 49.3. The number of benzene rings is 1. The minimum Gasteiger partial charge on any atom is -0.456 e. The third kappa shape index (κ3) is 4.35. The monoisotopic (exact) mass is 394 g/mol. The number of hydrogen-bond donors (Lipinski definition) is 1. The molecule has 3 rings (SSSR count). The molecule has 3 amide bonds. The van der Waals surface area contributed by atoms with Crippen molar-refractivity contribution in [2.24, 2.45) is 11.8 Å². The van der Waals surface area contributed by atoms with Crippen LogP contribution in [0, 0.1) is 23.5 Å². The molecule has 2 atom stereocenters. The lowest BCUT2D eigenvalue weighted by Crippen LogP contribution is -2.33. The predicted octanol–water partition coefficient (Wildman–Crippen LogP) is 2.01. The van der Waals surface area contributed by atoms with Crippen LogP contribution in [0.1, 0.15) is 32.1 Å². The Morgan fingerprint density at radius 3 is 2.32 bits per heavy atom. The van der Waals surface area contributed by atoms with Crippen molar-refractivity contribution in [1.29, 1.82) is 0 Å². The maximum Gasteiger partial charge on any atom is 0.308 e. The van der Waals surface area contributed by atoms with E-state index in [1.54, 1.807) is 0 Å². The number of ether oxygens (including phenoxy) is 1. The zero-order chi connectivity index (χ0) is 20.3. The van der Waals surface area contributed by atoms with Crippen LogP contribution in [0.5, 0.6) is 0 Å². The molecule has 1 saturated carbocycles. The normalized spacial score (nSPS) is 21.4. The molecule has 1 heterocycles. The smallest absolute Gasteiger partial charge is 0.308 e. The highest BCUT2D eigenvalue weighted by atomic mass is 19.2. The second kappa shape index (κ2) is 8.45. The molecule has 1 N–H and O–H groups in total. The highest BCUT2D eigenvalue weighted by Gasteiger charge is 2.47. The molecule has 2 fully saturated rings. The highest BCUT2D eigenvalue weighted by Crippen LogP contribution is 2.37. The molecular formula is C19H20F2N2O5. The number of carbonyl (C=O) groups is 4. The third-order valence-corrected chi connectivity index (χ3v) is 5.04. The van der Waals surface area contributed by atoms with Gasteiger partial charge in [0.1, 0.15) is 0 Å². The van der Waals surface area contributed by atoms with Crippen LogP contribution >= 0.6 is 0 Å². The average Bonchev–Trinajstić information content (AvgIpc) is 2.92. The van der Waals surface area contributed by atoms with Gasteiger partial charge in [0.2, 0.25) is 11.8 Å². The van der Waals surface area contributed by atoms with Crippen LogP contribution in [0.3, 0.4) is 0 Å². The van der Waals surface area contributed by atoms with E-state index in [4.69, 9.17) is 4.74 Å². The lowest BCUT2D eigenvalue weighted by Gasteiger charge is -2.19. The highest BCUT2D eigenvalue weighted by molar-refractivity contribution is 6.05. The summed E-state index contributed by atoms with van der Waals surface area (Å²) < 4.78 is 30.8. The number of likely N-dealkylation sites (tertiary alicyclic amines) is 1. The van der Waals surface area contributed by atoms with E-state index in [-0.39, 0.29) is 42.3 Å². The van der Waals surface area contributed by atoms with Gasteiger partial charge in [0.25, 0.3) is 5.91 Å². The summed E-state index contributed by atoms with van der Waals surface area (Å²) in [5.41, 5.74) is 0.0239. The van der Waals surface area contributed by atoms with Crippen LogP contribution in [0.4, 0.5) is 14.5 Å². The number of fused-ring (bicyclic) bond motifs is 1. The first-order chi connectivity index (χ1) is 13.4. The molecule has 7 nitrogen and oxygen atoms in total. The van der Waals surface area contributed by atoms with Gasteiger partial charge in [-0.2, -0.15) is 0 Å². The topological polar surface area (TPSA) is 92.8 Å². The van der Waals surface area contributed by atoms with Crippen molar-refractivity contribution in [3.05, 3.63) is 29.8 Å². The molecule has 1 aliphatic heterocycles. The lowest BCUT2D eigenvalue weighted by molar-refractivity contribution is -0.148. The summed E-state index contributed by atoms with van der Waals surface area (Å²) >= 11 is 0. The van der Waals surface area contributed by atoms with Gasteiger partial charge in [-0.25, -0.2) is 8.78 Å². The number of rotatable bonds is 6. The van der Waals surface area contributed by atoms with E-state index in [0.29, 0.717) is 12.8 Å². The van der Waals surface area contributed by atoms with E-state index in [9.17, 15) is 28.0 Å². The Labute approximate surface area is 160 Å². The van der Waals surface area contributed by atoms with Crippen molar-refractivity contribution in [2.45, 2.75) is 32.1 Å². The zero-order valence-corrected chi connectivity index (χ0v) is 15.1. The number of nitrogens with zero attached hydrogens (tertiary/aromatic N) is 1. The Balaban J connectivity index is 1.43. The summed E-state index contributed by atoms with van der Waals surface area (Å²) in [7, 11) is 0. The van der Waals surface area contributed by atoms with E-state index in [1.807, 2.05) is 0 Å². The van der Waals surface area contributed by atoms with Crippen molar-refractivity contribution < 1.29 is 32.7 Å². The fourth-order valence-electron chi connectivity index (χ4n) is 3.64. The van der Waals surface area contributed by atoms with E-state index >= 15 is 0 Å². The molecule has 0 aromatic heterocycles. The van der Waals surface area contributed by atoms with Crippen molar-refractivity contribution in [2.75, 3.05) is 18.5 Å². The van der Waals surface area contributed by atoms with Gasteiger partial charge in [-0.15, -0.1) is 0 Å². The quantitative estimate of drug-likeness (QED) is 0.589. The fraction of sp³-hybridized carbons (Fsp3) is 0.474. The summed E-state index contributed by atoms with van der Waals surface area (Å²) in [6.07, 6.45) is 3.02. The fourth-order valence-corrected chi connectivity index (χ4v) is 3.64. The molecule has 1 aliphatic carbocycles. The van der Waals surface area contributed by atoms with Crippen molar-refractivity contribution in [3.8, 4) is 0 Å². The molecule has 2 aliphatic rings. The van der Waals surface area contributed by atoms with Gasteiger partial charge in [-0.05, 0) is 25.0 Å². The molecule has 1 aromatic carbocycles. The summed E-state index contributed by atoms with van der Waals surface area (Å²) in [6.45, 7) is -0.695. The second-order valence-corrected chi connectivity index (χ2v) is 6.91. The Bertz CT molecular complexity index is 790. The van der Waals surface area contributed by atoms with E-state index in [2.05, 4.69) is 5.32 Å². The van der Waals surface area contributed by atoms with Crippen molar-refractivity contribution in [1.82, 2.24) is 4.90 Å². The van der Waals surface area contributed by atoms with Crippen LogP contribution < -0.4 is 5.32 Å². The Hall–Kier alpha value is -2.84. The maximum atomic E-state index is 13.1. The van der Waals surface area contributed by atoms with Gasteiger partial charge in [0.15, 0.2) is 18.2 Å². The van der Waals surface area contributed by atoms with Crippen LogP contribution in [-0.4, -0.2) is 41.7 Å². The first-order valence-corrected chi connectivity index (χ1v) is 9.12. The molecular weight excluding hydrogens is 374 g/mol. The first kappa shape index (κ1) is 19.9.